The number of aromatic nitrogens is 1. The summed E-state index contributed by atoms with van der Waals surface area (Å²) in [5, 5.41) is 1.30. The number of amides is 1. The van der Waals surface area contributed by atoms with E-state index in [-0.39, 0.29) is 5.91 Å². The Labute approximate surface area is 174 Å². The highest BCUT2D eigenvalue weighted by molar-refractivity contribution is 7.22. The first-order chi connectivity index (χ1) is 13.6. The first kappa shape index (κ1) is 20.6. The van der Waals surface area contributed by atoms with Gasteiger partial charge in [0.15, 0.2) is 5.13 Å². The molecule has 1 amide bonds. The van der Waals surface area contributed by atoms with E-state index in [1.54, 1.807) is 36.3 Å². The Morgan fingerprint density at radius 1 is 1.18 bits per heavy atom. The first-order valence-electron chi connectivity index (χ1n) is 9.41. The fraction of sp³-hybridized carbons (Fsp3) is 0.333. The molecule has 0 radical (unpaired) electrons. The molecule has 2 aromatic carbocycles. The highest BCUT2D eigenvalue weighted by atomic mass is 35.5. The number of methoxy groups -OCH3 is 1. The molecule has 0 fully saturated rings. The molecule has 0 spiro atoms. The number of ether oxygens (including phenoxy) is 1. The molecule has 0 aliphatic carbocycles. The quantitative estimate of drug-likeness (QED) is 0.608. The third-order valence-corrected chi connectivity index (χ3v) is 6.14. The average molecular weight is 419 g/mol. The summed E-state index contributed by atoms with van der Waals surface area (Å²) < 4.78 is 6.43. The van der Waals surface area contributed by atoms with Crippen LogP contribution in [0.3, 0.4) is 0 Å². The molecule has 3 rings (SSSR count). The summed E-state index contributed by atoms with van der Waals surface area (Å²) in [6.07, 6.45) is 0. The fourth-order valence-corrected chi connectivity index (χ4v) is 4.23. The van der Waals surface area contributed by atoms with Crippen molar-refractivity contribution in [3.05, 3.63) is 53.1 Å². The Hall–Kier alpha value is -2.15. The zero-order valence-corrected chi connectivity index (χ0v) is 17.9. The van der Waals surface area contributed by atoms with Gasteiger partial charge in [0.05, 0.1) is 38.0 Å². The van der Waals surface area contributed by atoms with E-state index in [2.05, 4.69) is 13.8 Å². The van der Waals surface area contributed by atoms with E-state index in [0.717, 1.165) is 29.9 Å². The van der Waals surface area contributed by atoms with Gasteiger partial charge in [0.25, 0.3) is 5.91 Å². The van der Waals surface area contributed by atoms with Crippen LogP contribution in [0.15, 0.2) is 42.5 Å². The zero-order valence-electron chi connectivity index (χ0n) is 16.4. The number of hydrogen-bond donors (Lipinski definition) is 1. The zero-order chi connectivity index (χ0) is 20.1. The molecule has 0 saturated carbocycles. The maximum Gasteiger partial charge on any atom is 0.260 e. The number of halogens is 1. The number of likely N-dealkylation sites (N-methyl/N-ethyl adjacent to an activating group) is 1. The van der Waals surface area contributed by atoms with Crippen molar-refractivity contribution in [2.45, 2.75) is 13.8 Å². The van der Waals surface area contributed by atoms with Gasteiger partial charge in [-0.15, -0.1) is 0 Å². The van der Waals surface area contributed by atoms with E-state index >= 15 is 0 Å². The summed E-state index contributed by atoms with van der Waals surface area (Å²) in [5.74, 6) is 0.648. The Morgan fingerprint density at radius 3 is 2.54 bits per heavy atom. The molecule has 0 aliphatic heterocycles. The topological polar surface area (TPSA) is 46.9 Å². The smallest absolute Gasteiger partial charge is 0.260 e. The summed E-state index contributed by atoms with van der Waals surface area (Å²) in [6.45, 7) is 7.82. The van der Waals surface area contributed by atoms with Crippen molar-refractivity contribution in [3.63, 3.8) is 0 Å². The van der Waals surface area contributed by atoms with Crippen molar-refractivity contribution in [2.75, 3.05) is 38.2 Å². The maximum atomic E-state index is 13.3. The summed E-state index contributed by atoms with van der Waals surface area (Å²) in [4.78, 5) is 21.2. The summed E-state index contributed by atoms with van der Waals surface area (Å²) >= 11 is 7.49. The number of carbonyl (C=O) groups is 1. The van der Waals surface area contributed by atoms with Crippen molar-refractivity contribution in [1.82, 2.24) is 4.98 Å². The number of carbonyl (C=O) groups excluding carboxylic acids is 1. The van der Waals surface area contributed by atoms with Crippen molar-refractivity contribution in [2.24, 2.45) is 0 Å². The second-order valence-corrected chi connectivity index (χ2v) is 7.92. The average Bonchev–Trinajstić information content (AvgIpc) is 3.15. The first-order valence-corrected chi connectivity index (χ1v) is 10.6. The molecule has 0 atom stereocenters. The SMILES string of the molecule is CC[NH+](CC)CCN(C(=O)c1ccc(Cl)cc1)c1nc2c(OC)cccc2s1. The lowest BCUT2D eigenvalue weighted by Gasteiger charge is -2.23. The molecule has 3 aromatic rings. The largest absolute Gasteiger partial charge is 0.494 e. The highest BCUT2D eigenvalue weighted by Gasteiger charge is 2.23. The van der Waals surface area contributed by atoms with Crippen LogP contribution >= 0.6 is 22.9 Å². The molecular formula is C21H25ClN3O2S+. The van der Waals surface area contributed by atoms with Crippen LogP contribution in [0, 0.1) is 0 Å². The molecule has 0 bridgehead atoms. The summed E-state index contributed by atoms with van der Waals surface area (Å²) in [7, 11) is 1.63. The molecule has 28 heavy (non-hydrogen) atoms. The lowest BCUT2D eigenvalue weighted by molar-refractivity contribution is -0.894. The van der Waals surface area contributed by atoms with Crippen LogP contribution < -0.4 is 14.5 Å². The van der Waals surface area contributed by atoms with Crippen LogP contribution in [-0.2, 0) is 0 Å². The monoisotopic (exact) mass is 418 g/mol. The van der Waals surface area contributed by atoms with Gasteiger partial charge in [0, 0.05) is 10.6 Å². The maximum absolute atomic E-state index is 13.3. The lowest BCUT2D eigenvalue weighted by atomic mass is 10.2. The van der Waals surface area contributed by atoms with E-state index in [9.17, 15) is 4.79 Å². The third kappa shape index (κ3) is 4.46. The molecule has 0 saturated heterocycles. The van der Waals surface area contributed by atoms with Gasteiger partial charge in [-0.1, -0.05) is 29.0 Å². The number of para-hydroxylation sites is 1. The van der Waals surface area contributed by atoms with Crippen LogP contribution in [-0.4, -0.2) is 44.2 Å². The third-order valence-electron chi connectivity index (χ3n) is 4.85. The van der Waals surface area contributed by atoms with Gasteiger partial charge < -0.3 is 9.64 Å². The molecule has 0 unspecified atom stereocenters. The van der Waals surface area contributed by atoms with Gasteiger partial charge in [0.1, 0.15) is 11.3 Å². The molecular weight excluding hydrogens is 394 g/mol. The Bertz CT molecular complexity index is 938. The minimum atomic E-state index is -0.0683. The molecule has 1 N–H and O–H groups in total. The summed E-state index contributed by atoms with van der Waals surface area (Å²) in [5.41, 5.74) is 1.39. The minimum absolute atomic E-state index is 0.0683. The van der Waals surface area contributed by atoms with Crippen LogP contribution in [0.25, 0.3) is 10.2 Å². The van der Waals surface area contributed by atoms with Crippen LogP contribution in [0.5, 0.6) is 5.75 Å². The van der Waals surface area contributed by atoms with Crippen molar-refractivity contribution >= 4 is 44.2 Å². The van der Waals surface area contributed by atoms with Crippen LogP contribution in [0.1, 0.15) is 24.2 Å². The predicted octanol–water partition coefficient (Wildman–Crippen LogP) is 3.53. The highest BCUT2D eigenvalue weighted by Crippen LogP contribution is 2.34. The van der Waals surface area contributed by atoms with Crippen molar-refractivity contribution in [3.8, 4) is 5.75 Å². The number of thiazole rings is 1. The van der Waals surface area contributed by atoms with E-state index in [1.807, 2.05) is 18.2 Å². The molecule has 1 aromatic heterocycles. The van der Waals surface area contributed by atoms with Crippen molar-refractivity contribution < 1.29 is 14.4 Å². The number of nitrogens with one attached hydrogen (secondary N) is 1. The Morgan fingerprint density at radius 2 is 1.89 bits per heavy atom. The number of rotatable bonds is 8. The van der Waals surface area contributed by atoms with Gasteiger partial charge in [0.2, 0.25) is 0 Å². The number of anilines is 1. The van der Waals surface area contributed by atoms with Gasteiger partial charge >= 0.3 is 0 Å². The van der Waals surface area contributed by atoms with Gasteiger partial charge in [-0.05, 0) is 50.2 Å². The number of hydrogen-bond acceptors (Lipinski definition) is 4. The predicted molar refractivity (Wildman–Crippen MR) is 116 cm³/mol. The number of benzene rings is 2. The van der Waals surface area contributed by atoms with E-state index in [0.29, 0.717) is 28.0 Å². The summed E-state index contributed by atoms with van der Waals surface area (Å²) in [6, 6.07) is 12.8. The van der Waals surface area contributed by atoms with E-state index < -0.39 is 0 Å². The molecule has 0 aliphatic rings. The second-order valence-electron chi connectivity index (χ2n) is 6.47. The molecule has 1 heterocycles. The Kier molecular flexibility index (Phi) is 6.88. The molecule has 7 heteroatoms. The standard InChI is InChI=1S/C21H24ClN3O2S/c1-4-24(5-2)13-14-25(20(26)15-9-11-16(22)12-10-15)21-23-19-17(27-3)7-6-8-18(19)28-21/h6-12H,4-5,13-14H2,1-3H3/p+1. The number of fused-ring (bicyclic) bond motifs is 1. The van der Waals surface area contributed by atoms with Gasteiger partial charge in [-0.2, -0.15) is 0 Å². The minimum Gasteiger partial charge on any atom is -0.494 e. The van der Waals surface area contributed by atoms with Gasteiger partial charge in [-0.25, -0.2) is 4.98 Å². The van der Waals surface area contributed by atoms with Crippen LogP contribution in [0.2, 0.25) is 5.02 Å². The molecule has 148 valence electrons. The second kappa shape index (κ2) is 9.37. The fourth-order valence-electron chi connectivity index (χ4n) is 3.10. The molecule has 5 nitrogen and oxygen atoms in total. The van der Waals surface area contributed by atoms with Crippen molar-refractivity contribution in [1.29, 1.82) is 0 Å². The van der Waals surface area contributed by atoms with Gasteiger partial charge in [-0.3, -0.25) is 9.69 Å². The van der Waals surface area contributed by atoms with Crippen LogP contribution in [0.4, 0.5) is 5.13 Å². The van der Waals surface area contributed by atoms with E-state index in [1.165, 1.54) is 16.2 Å². The number of nitrogens with zero attached hydrogens (tertiary/aromatic N) is 2. The normalized spacial score (nSPS) is 11.2. The van der Waals surface area contributed by atoms with E-state index in [4.69, 9.17) is 21.3 Å². The number of quaternary nitrogens is 1. The Balaban J connectivity index is 1.97. The lowest BCUT2D eigenvalue weighted by Crippen LogP contribution is -3.12.